The molecule has 0 aliphatic rings. The van der Waals surface area contributed by atoms with Crippen molar-refractivity contribution in [2.45, 2.75) is 13.1 Å². The van der Waals surface area contributed by atoms with Crippen molar-refractivity contribution in [2.24, 2.45) is 0 Å². The summed E-state index contributed by atoms with van der Waals surface area (Å²) in [5.41, 5.74) is 3.40. The van der Waals surface area contributed by atoms with Crippen LogP contribution in [0.2, 0.25) is 0 Å². The van der Waals surface area contributed by atoms with Crippen LogP contribution < -0.4 is 0 Å². The minimum Gasteiger partial charge on any atom is -0.467 e. The van der Waals surface area contributed by atoms with Crippen molar-refractivity contribution >= 4 is 38.8 Å². The van der Waals surface area contributed by atoms with E-state index in [4.69, 9.17) is 4.42 Å². The zero-order valence-corrected chi connectivity index (χ0v) is 14.3. The standard InChI is InChI=1S/C18H14N2O2S2/c21-18(13-5-6-16-17(9-13)24-12-19-16)20(10-14-3-1-7-22-14)11-15-4-2-8-23-15/h1-9,12H,10-11H2. The molecule has 0 bridgehead atoms. The number of benzene rings is 1. The van der Waals surface area contributed by atoms with Crippen molar-refractivity contribution in [3.8, 4) is 0 Å². The predicted octanol–water partition coefficient (Wildman–Crippen LogP) is 4.79. The van der Waals surface area contributed by atoms with Gasteiger partial charge in [-0.05, 0) is 41.8 Å². The minimum absolute atomic E-state index is 0.00454. The lowest BCUT2D eigenvalue weighted by atomic mass is 10.2. The molecule has 0 atom stereocenters. The first-order chi connectivity index (χ1) is 11.8. The molecule has 3 aromatic heterocycles. The van der Waals surface area contributed by atoms with Gasteiger partial charge in [-0.2, -0.15) is 0 Å². The first kappa shape index (κ1) is 15.1. The van der Waals surface area contributed by atoms with Gasteiger partial charge in [-0.15, -0.1) is 22.7 Å². The van der Waals surface area contributed by atoms with Crippen molar-refractivity contribution in [3.05, 3.63) is 75.8 Å². The third-order valence-corrected chi connectivity index (χ3v) is 5.37. The monoisotopic (exact) mass is 354 g/mol. The lowest BCUT2D eigenvalue weighted by molar-refractivity contribution is 0.0720. The number of fused-ring (bicyclic) bond motifs is 1. The molecular formula is C18H14N2O2S2. The van der Waals surface area contributed by atoms with Crippen LogP contribution in [0.15, 0.2) is 64.0 Å². The topological polar surface area (TPSA) is 46.3 Å². The van der Waals surface area contributed by atoms with Crippen LogP contribution >= 0.6 is 22.7 Å². The molecule has 0 N–H and O–H groups in total. The number of thiazole rings is 1. The zero-order valence-electron chi connectivity index (χ0n) is 12.7. The van der Waals surface area contributed by atoms with E-state index in [0.717, 1.165) is 20.9 Å². The lowest BCUT2D eigenvalue weighted by Crippen LogP contribution is -2.29. The molecule has 0 spiro atoms. The van der Waals surface area contributed by atoms with Gasteiger partial charge in [-0.25, -0.2) is 4.98 Å². The van der Waals surface area contributed by atoms with Crippen molar-refractivity contribution in [1.82, 2.24) is 9.88 Å². The van der Waals surface area contributed by atoms with E-state index >= 15 is 0 Å². The summed E-state index contributed by atoms with van der Waals surface area (Å²) in [4.78, 5) is 20.3. The van der Waals surface area contributed by atoms with Crippen molar-refractivity contribution in [2.75, 3.05) is 0 Å². The zero-order chi connectivity index (χ0) is 16.4. The van der Waals surface area contributed by atoms with E-state index in [9.17, 15) is 4.79 Å². The molecule has 4 nitrogen and oxygen atoms in total. The molecule has 0 aliphatic heterocycles. The summed E-state index contributed by atoms with van der Waals surface area (Å²) in [5.74, 6) is 0.772. The minimum atomic E-state index is -0.00454. The number of rotatable bonds is 5. The highest BCUT2D eigenvalue weighted by molar-refractivity contribution is 7.16. The van der Waals surface area contributed by atoms with Crippen molar-refractivity contribution in [1.29, 1.82) is 0 Å². The second kappa shape index (κ2) is 6.59. The fourth-order valence-electron chi connectivity index (χ4n) is 2.55. The number of aromatic nitrogens is 1. The Morgan fingerprint density at radius 1 is 1.12 bits per heavy atom. The highest BCUT2D eigenvalue weighted by atomic mass is 32.1. The molecule has 1 amide bonds. The first-order valence-corrected chi connectivity index (χ1v) is 9.23. The van der Waals surface area contributed by atoms with Crippen LogP contribution in [0.25, 0.3) is 10.2 Å². The van der Waals surface area contributed by atoms with Crippen LogP contribution in [-0.4, -0.2) is 15.8 Å². The Balaban J connectivity index is 1.64. The fraction of sp³-hybridized carbons (Fsp3) is 0.111. The van der Waals surface area contributed by atoms with E-state index in [1.807, 2.05) is 52.7 Å². The van der Waals surface area contributed by atoms with Crippen molar-refractivity contribution < 1.29 is 9.21 Å². The number of carbonyl (C=O) groups is 1. The van der Waals surface area contributed by atoms with Crippen molar-refractivity contribution in [3.63, 3.8) is 0 Å². The van der Waals surface area contributed by atoms with E-state index in [1.54, 1.807) is 34.4 Å². The highest BCUT2D eigenvalue weighted by Crippen LogP contribution is 2.22. The predicted molar refractivity (Wildman–Crippen MR) is 96.2 cm³/mol. The quantitative estimate of drug-likeness (QED) is 0.517. The summed E-state index contributed by atoms with van der Waals surface area (Å²) >= 11 is 3.19. The average molecular weight is 354 g/mol. The number of furan rings is 1. The maximum Gasteiger partial charge on any atom is 0.254 e. The molecule has 0 saturated heterocycles. The van der Waals surface area contributed by atoms with Gasteiger partial charge in [0.2, 0.25) is 0 Å². The highest BCUT2D eigenvalue weighted by Gasteiger charge is 2.19. The molecule has 4 aromatic rings. The Morgan fingerprint density at radius 3 is 2.88 bits per heavy atom. The summed E-state index contributed by atoms with van der Waals surface area (Å²) in [6.07, 6.45) is 1.63. The molecule has 1 aromatic carbocycles. The van der Waals surface area contributed by atoms with E-state index in [0.29, 0.717) is 18.7 Å². The third kappa shape index (κ3) is 3.11. The average Bonchev–Trinajstić information content (AvgIpc) is 3.35. The number of thiophene rings is 1. The number of hydrogen-bond donors (Lipinski definition) is 0. The van der Waals surface area contributed by atoms with E-state index in [2.05, 4.69) is 4.98 Å². The lowest BCUT2D eigenvalue weighted by Gasteiger charge is -2.21. The molecule has 0 unspecified atom stereocenters. The van der Waals surface area contributed by atoms with Gasteiger partial charge < -0.3 is 9.32 Å². The van der Waals surface area contributed by atoms with Gasteiger partial charge in [0.25, 0.3) is 5.91 Å². The molecule has 3 heterocycles. The summed E-state index contributed by atoms with van der Waals surface area (Å²) in [6.45, 7) is 1.02. The second-order valence-corrected chi connectivity index (χ2v) is 7.27. The third-order valence-electron chi connectivity index (χ3n) is 3.72. The molecule has 6 heteroatoms. The van der Waals surface area contributed by atoms with Crippen LogP contribution in [0, 0.1) is 0 Å². The molecule has 0 radical (unpaired) electrons. The molecule has 0 aliphatic carbocycles. The van der Waals surface area contributed by atoms with Gasteiger partial charge in [-0.1, -0.05) is 6.07 Å². The number of nitrogens with zero attached hydrogens (tertiary/aromatic N) is 2. The van der Waals surface area contributed by atoms with Gasteiger partial charge in [0.05, 0.1) is 35.1 Å². The summed E-state index contributed by atoms with van der Waals surface area (Å²) in [6, 6.07) is 13.4. The molecule has 4 rings (SSSR count). The SMILES string of the molecule is O=C(c1ccc2ncsc2c1)N(Cc1ccco1)Cc1cccs1. The smallest absolute Gasteiger partial charge is 0.254 e. The maximum atomic E-state index is 13.0. The first-order valence-electron chi connectivity index (χ1n) is 7.47. The Hall–Kier alpha value is -2.44. The Bertz CT molecular complexity index is 906. The Morgan fingerprint density at radius 2 is 2.08 bits per heavy atom. The van der Waals surface area contributed by atoms with Crippen LogP contribution in [0.4, 0.5) is 0 Å². The van der Waals surface area contributed by atoms with E-state index in [1.165, 1.54) is 0 Å². The summed E-state index contributed by atoms with van der Waals surface area (Å²) in [7, 11) is 0. The number of carbonyl (C=O) groups excluding carboxylic acids is 1. The van der Waals surface area contributed by atoms with Gasteiger partial charge in [-0.3, -0.25) is 4.79 Å². The van der Waals surface area contributed by atoms with Crippen LogP contribution in [0.1, 0.15) is 21.0 Å². The van der Waals surface area contributed by atoms with E-state index in [-0.39, 0.29) is 5.91 Å². The normalized spacial score (nSPS) is 11.0. The summed E-state index contributed by atoms with van der Waals surface area (Å²) in [5, 5.41) is 2.02. The molecule has 120 valence electrons. The fourth-order valence-corrected chi connectivity index (χ4v) is 3.99. The van der Waals surface area contributed by atoms with Gasteiger partial charge in [0.1, 0.15) is 5.76 Å². The number of amides is 1. The maximum absolute atomic E-state index is 13.0. The molecule has 0 saturated carbocycles. The largest absolute Gasteiger partial charge is 0.467 e. The van der Waals surface area contributed by atoms with Crippen LogP contribution in [0.5, 0.6) is 0 Å². The Kier molecular flexibility index (Phi) is 4.15. The summed E-state index contributed by atoms with van der Waals surface area (Å²) < 4.78 is 6.45. The Labute approximate surface area is 147 Å². The molecule has 24 heavy (non-hydrogen) atoms. The second-order valence-electron chi connectivity index (χ2n) is 5.35. The molecular weight excluding hydrogens is 340 g/mol. The van der Waals surface area contributed by atoms with Gasteiger partial charge in [0, 0.05) is 10.4 Å². The molecule has 0 fully saturated rings. The van der Waals surface area contributed by atoms with Gasteiger partial charge >= 0.3 is 0 Å². The van der Waals surface area contributed by atoms with Crippen LogP contribution in [0.3, 0.4) is 0 Å². The van der Waals surface area contributed by atoms with Crippen LogP contribution in [-0.2, 0) is 13.1 Å². The van der Waals surface area contributed by atoms with Gasteiger partial charge in [0.15, 0.2) is 0 Å². The van der Waals surface area contributed by atoms with E-state index < -0.39 is 0 Å². The number of hydrogen-bond acceptors (Lipinski definition) is 5.